The Morgan fingerprint density at radius 3 is 2.52 bits per heavy atom. The summed E-state index contributed by atoms with van der Waals surface area (Å²) in [4.78, 5) is 12.2. The van der Waals surface area contributed by atoms with Gasteiger partial charge in [0.1, 0.15) is 17.8 Å². The van der Waals surface area contributed by atoms with Gasteiger partial charge in [0.05, 0.1) is 12.3 Å². The molecule has 0 fully saturated rings. The second-order valence-electron chi connectivity index (χ2n) is 5.91. The molecular formula is C19H21N5O3. The molecule has 3 rings (SSSR count). The first kappa shape index (κ1) is 18.4. The number of nitrogens with one attached hydrogen (secondary N) is 1. The van der Waals surface area contributed by atoms with Gasteiger partial charge >= 0.3 is 0 Å². The SMILES string of the molecule is CCCOc1ccc(OCC(=O)Nc2cc(-n3cnnn3)ccc2C)cc1. The number of aryl methyl sites for hydroxylation is 1. The second kappa shape index (κ2) is 8.79. The zero-order valence-corrected chi connectivity index (χ0v) is 15.3. The quantitative estimate of drug-likeness (QED) is 0.658. The number of rotatable bonds is 8. The molecule has 27 heavy (non-hydrogen) atoms. The molecule has 0 spiro atoms. The van der Waals surface area contributed by atoms with E-state index in [0.717, 1.165) is 23.4 Å². The van der Waals surface area contributed by atoms with E-state index in [9.17, 15) is 4.79 Å². The van der Waals surface area contributed by atoms with Gasteiger partial charge in [0.15, 0.2) is 6.61 Å². The number of carbonyl (C=O) groups excluding carboxylic acids is 1. The number of benzene rings is 2. The first-order chi connectivity index (χ1) is 13.2. The normalized spacial score (nSPS) is 10.4. The molecule has 0 radical (unpaired) electrons. The van der Waals surface area contributed by atoms with Crippen LogP contribution in [0.2, 0.25) is 0 Å². The van der Waals surface area contributed by atoms with Crippen LogP contribution < -0.4 is 14.8 Å². The Balaban J connectivity index is 1.57. The van der Waals surface area contributed by atoms with E-state index in [1.807, 2.05) is 37.3 Å². The van der Waals surface area contributed by atoms with Crippen LogP contribution >= 0.6 is 0 Å². The van der Waals surface area contributed by atoms with Crippen molar-refractivity contribution in [2.24, 2.45) is 0 Å². The number of hydrogen-bond donors (Lipinski definition) is 1. The highest BCUT2D eigenvalue weighted by Crippen LogP contribution is 2.20. The topological polar surface area (TPSA) is 91.2 Å². The van der Waals surface area contributed by atoms with Crippen molar-refractivity contribution in [2.75, 3.05) is 18.5 Å². The number of aromatic nitrogens is 4. The fraction of sp³-hybridized carbons (Fsp3) is 0.263. The van der Waals surface area contributed by atoms with Crippen molar-refractivity contribution in [1.82, 2.24) is 20.2 Å². The average Bonchev–Trinajstić information content (AvgIpc) is 3.22. The lowest BCUT2D eigenvalue weighted by Crippen LogP contribution is -2.20. The zero-order chi connectivity index (χ0) is 19.1. The molecule has 0 atom stereocenters. The van der Waals surface area contributed by atoms with Gasteiger partial charge in [0.2, 0.25) is 0 Å². The second-order valence-corrected chi connectivity index (χ2v) is 5.91. The third-order valence-electron chi connectivity index (χ3n) is 3.78. The fourth-order valence-electron chi connectivity index (χ4n) is 2.35. The van der Waals surface area contributed by atoms with Gasteiger partial charge in [-0.15, -0.1) is 5.10 Å². The van der Waals surface area contributed by atoms with Crippen LogP contribution in [0.4, 0.5) is 5.69 Å². The Morgan fingerprint density at radius 2 is 1.85 bits per heavy atom. The van der Waals surface area contributed by atoms with Crippen molar-refractivity contribution >= 4 is 11.6 Å². The van der Waals surface area contributed by atoms with Crippen LogP contribution in [0.25, 0.3) is 5.69 Å². The summed E-state index contributed by atoms with van der Waals surface area (Å²) in [5.74, 6) is 1.13. The highest BCUT2D eigenvalue weighted by molar-refractivity contribution is 5.92. The summed E-state index contributed by atoms with van der Waals surface area (Å²) in [6, 6.07) is 12.8. The Labute approximate surface area is 157 Å². The van der Waals surface area contributed by atoms with E-state index in [-0.39, 0.29) is 12.5 Å². The van der Waals surface area contributed by atoms with Gasteiger partial charge in [0.25, 0.3) is 5.91 Å². The lowest BCUT2D eigenvalue weighted by atomic mass is 10.2. The van der Waals surface area contributed by atoms with Crippen LogP contribution in [0.3, 0.4) is 0 Å². The fourth-order valence-corrected chi connectivity index (χ4v) is 2.35. The van der Waals surface area contributed by atoms with Gasteiger partial charge in [-0.1, -0.05) is 13.0 Å². The largest absolute Gasteiger partial charge is 0.494 e. The minimum Gasteiger partial charge on any atom is -0.494 e. The van der Waals surface area contributed by atoms with Crippen LogP contribution in [-0.2, 0) is 4.79 Å². The van der Waals surface area contributed by atoms with Crippen molar-refractivity contribution in [3.05, 3.63) is 54.4 Å². The molecule has 1 heterocycles. The molecule has 0 unspecified atom stereocenters. The van der Waals surface area contributed by atoms with E-state index in [1.165, 1.54) is 11.0 Å². The molecule has 1 amide bonds. The Kier molecular flexibility index (Phi) is 5.98. The zero-order valence-electron chi connectivity index (χ0n) is 15.3. The summed E-state index contributed by atoms with van der Waals surface area (Å²) in [5.41, 5.74) is 2.36. The van der Waals surface area contributed by atoms with Gasteiger partial charge < -0.3 is 14.8 Å². The Bertz CT molecular complexity index is 879. The van der Waals surface area contributed by atoms with E-state index < -0.39 is 0 Å². The number of ether oxygens (including phenoxy) is 2. The Morgan fingerprint density at radius 1 is 1.11 bits per heavy atom. The molecule has 2 aromatic carbocycles. The molecule has 1 N–H and O–H groups in total. The van der Waals surface area contributed by atoms with Gasteiger partial charge in [-0.25, -0.2) is 4.68 Å². The lowest BCUT2D eigenvalue weighted by Gasteiger charge is -2.11. The van der Waals surface area contributed by atoms with Crippen molar-refractivity contribution in [1.29, 1.82) is 0 Å². The van der Waals surface area contributed by atoms with Gasteiger partial charge in [-0.2, -0.15) is 0 Å². The van der Waals surface area contributed by atoms with Crippen molar-refractivity contribution < 1.29 is 14.3 Å². The standard InChI is InChI=1S/C19H21N5O3/c1-3-10-26-16-6-8-17(9-7-16)27-12-19(25)21-18-11-15(5-4-14(18)2)24-13-20-22-23-24/h4-9,11,13H,3,10,12H2,1-2H3,(H,21,25). The van der Waals surface area contributed by atoms with Crippen LogP contribution in [0, 0.1) is 6.92 Å². The van der Waals surface area contributed by atoms with Crippen LogP contribution in [0.15, 0.2) is 48.8 Å². The first-order valence-corrected chi connectivity index (χ1v) is 8.65. The summed E-state index contributed by atoms with van der Waals surface area (Å²) < 4.78 is 12.6. The average molecular weight is 367 g/mol. The molecule has 140 valence electrons. The molecule has 0 aliphatic heterocycles. The predicted molar refractivity (Wildman–Crippen MR) is 100 cm³/mol. The summed E-state index contributed by atoms with van der Waals surface area (Å²) in [6.07, 6.45) is 2.44. The van der Waals surface area contributed by atoms with Crippen LogP contribution in [0.5, 0.6) is 11.5 Å². The maximum absolute atomic E-state index is 12.2. The smallest absolute Gasteiger partial charge is 0.262 e. The molecule has 0 saturated carbocycles. The van der Waals surface area contributed by atoms with Crippen molar-refractivity contribution in [3.8, 4) is 17.2 Å². The molecule has 0 aliphatic rings. The molecule has 8 heteroatoms. The van der Waals surface area contributed by atoms with E-state index >= 15 is 0 Å². The maximum atomic E-state index is 12.2. The number of anilines is 1. The molecule has 8 nitrogen and oxygen atoms in total. The number of hydrogen-bond acceptors (Lipinski definition) is 6. The Hall–Kier alpha value is -3.42. The third kappa shape index (κ3) is 5.04. The molecule has 0 aliphatic carbocycles. The maximum Gasteiger partial charge on any atom is 0.262 e. The predicted octanol–water partition coefficient (Wildman–Crippen LogP) is 2.78. The third-order valence-corrected chi connectivity index (χ3v) is 3.78. The van der Waals surface area contributed by atoms with E-state index in [2.05, 4.69) is 27.8 Å². The molecule has 3 aromatic rings. The van der Waals surface area contributed by atoms with E-state index in [0.29, 0.717) is 18.0 Å². The van der Waals surface area contributed by atoms with Crippen molar-refractivity contribution in [2.45, 2.75) is 20.3 Å². The highest BCUT2D eigenvalue weighted by Gasteiger charge is 2.08. The van der Waals surface area contributed by atoms with Crippen LogP contribution in [0.1, 0.15) is 18.9 Å². The summed E-state index contributed by atoms with van der Waals surface area (Å²) in [5, 5.41) is 13.9. The number of amides is 1. The van der Waals surface area contributed by atoms with E-state index in [1.54, 1.807) is 12.1 Å². The molecular weight excluding hydrogens is 346 g/mol. The monoisotopic (exact) mass is 367 g/mol. The highest BCUT2D eigenvalue weighted by atomic mass is 16.5. The van der Waals surface area contributed by atoms with Crippen LogP contribution in [-0.4, -0.2) is 39.3 Å². The number of nitrogens with zero attached hydrogens (tertiary/aromatic N) is 4. The van der Waals surface area contributed by atoms with Gasteiger partial charge in [-0.3, -0.25) is 4.79 Å². The van der Waals surface area contributed by atoms with Gasteiger partial charge in [0, 0.05) is 5.69 Å². The van der Waals surface area contributed by atoms with Crippen molar-refractivity contribution in [3.63, 3.8) is 0 Å². The minimum atomic E-state index is -0.252. The molecule has 0 bridgehead atoms. The minimum absolute atomic E-state index is 0.0935. The lowest BCUT2D eigenvalue weighted by molar-refractivity contribution is -0.118. The molecule has 1 aromatic heterocycles. The molecule has 0 saturated heterocycles. The van der Waals surface area contributed by atoms with E-state index in [4.69, 9.17) is 9.47 Å². The summed E-state index contributed by atoms with van der Waals surface area (Å²) in [7, 11) is 0. The summed E-state index contributed by atoms with van der Waals surface area (Å²) in [6.45, 7) is 4.54. The summed E-state index contributed by atoms with van der Waals surface area (Å²) >= 11 is 0. The van der Waals surface area contributed by atoms with Gasteiger partial charge in [-0.05, 0) is 65.7 Å². The number of carbonyl (C=O) groups is 1. The first-order valence-electron chi connectivity index (χ1n) is 8.65. The number of tetrazole rings is 1.